The SMILES string of the molecule is O=C(Nc1nccs1)C1CCCN(C(=O)CN2C(=O)NC3(CCCCC3)C2=O)C1. The topological polar surface area (TPSA) is 112 Å². The number of anilines is 1. The molecule has 3 aliphatic rings. The monoisotopic (exact) mass is 419 g/mol. The van der Waals surface area contributed by atoms with Crippen LogP contribution >= 0.6 is 11.3 Å². The van der Waals surface area contributed by atoms with Crippen molar-refractivity contribution in [2.24, 2.45) is 5.92 Å². The van der Waals surface area contributed by atoms with Crippen LogP contribution < -0.4 is 10.6 Å². The molecule has 0 aromatic carbocycles. The Hall–Kier alpha value is -2.49. The lowest BCUT2D eigenvalue weighted by atomic mass is 9.82. The molecule has 1 saturated carbocycles. The molecular weight excluding hydrogens is 394 g/mol. The van der Waals surface area contributed by atoms with Gasteiger partial charge in [-0.2, -0.15) is 0 Å². The van der Waals surface area contributed by atoms with E-state index in [9.17, 15) is 19.2 Å². The average molecular weight is 420 g/mol. The van der Waals surface area contributed by atoms with Gasteiger partial charge in [0.15, 0.2) is 5.13 Å². The molecule has 2 N–H and O–H groups in total. The Morgan fingerprint density at radius 3 is 2.76 bits per heavy atom. The van der Waals surface area contributed by atoms with Crippen molar-refractivity contribution in [1.82, 2.24) is 20.1 Å². The standard InChI is InChI=1S/C19H25N5O4S/c25-14(12-24-16(27)19(22-18(24)28)6-2-1-3-7-19)23-9-4-5-13(11-23)15(26)21-17-20-8-10-29-17/h8,10,13H,1-7,9,11-12H2,(H,22,28)(H,20,21,26). The van der Waals surface area contributed by atoms with E-state index in [1.54, 1.807) is 16.5 Å². The minimum atomic E-state index is -0.826. The highest BCUT2D eigenvalue weighted by Gasteiger charge is 2.51. The van der Waals surface area contributed by atoms with E-state index in [2.05, 4.69) is 15.6 Å². The molecule has 4 rings (SSSR count). The van der Waals surface area contributed by atoms with E-state index in [1.807, 2.05) is 0 Å². The number of urea groups is 1. The molecule has 1 aromatic rings. The maximum Gasteiger partial charge on any atom is 0.325 e. The minimum absolute atomic E-state index is 0.159. The summed E-state index contributed by atoms with van der Waals surface area (Å²) >= 11 is 1.34. The molecule has 9 nitrogen and oxygen atoms in total. The van der Waals surface area contributed by atoms with Gasteiger partial charge < -0.3 is 15.5 Å². The fourth-order valence-corrected chi connectivity index (χ4v) is 4.99. The molecule has 3 fully saturated rings. The number of carbonyl (C=O) groups excluding carboxylic acids is 4. The van der Waals surface area contributed by atoms with Crippen molar-refractivity contribution in [3.63, 3.8) is 0 Å². The van der Waals surface area contributed by atoms with Crippen LogP contribution in [0.5, 0.6) is 0 Å². The van der Waals surface area contributed by atoms with Crippen LogP contribution in [0.1, 0.15) is 44.9 Å². The van der Waals surface area contributed by atoms with Crippen molar-refractivity contribution in [1.29, 1.82) is 0 Å². The van der Waals surface area contributed by atoms with Crippen molar-refractivity contribution in [3.05, 3.63) is 11.6 Å². The molecule has 1 aliphatic carbocycles. The summed E-state index contributed by atoms with van der Waals surface area (Å²) in [7, 11) is 0. The largest absolute Gasteiger partial charge is 0.340 e. The Bertz CT molecular complexity index is 806. The lowest BCUT2D eigenvalue weighted by Gasteiger charge is -2.33. The molecule has 5 amide bonds. The van der Waals surface area contributed by atoms with E-state index in [0.717, 1.165) is 24.2 Å². The quantitative estimate of drug-likeness (QED) is 0.720. The van der Waals surface area contributed by atoms with Gasteiger partial charge in [0.1, 0.15) is 12.1 Å². The van der Waals surface area contributed by atoms with Crippen molar-refractivity contribution < 1.29 is 19.2 Å². The van der Waals surface area contributed by atoms with Crippen LogP contribution in [-0.4, -0.2) is 63.7 Å². The zero-order chi connectivity index (χ0) is 20.4. The van der Waals surface area contributed by atoms with Gasteiger partial charge in [0, 0.05) is 24.7 Å². The Balaban J connectivity index is 1.36. The first-order valence-corrected chi connectivity index (χ1v) is 11.0. The van der Waals surface area contributed by atoms with Crippen LogP contribution in [0.25, 0.3) is 0 Å². The number of nitrogens with zero attached hydrogens (tertiary/aromatic N) is 3. The van der Waals surface area contributed by atoms with Gasteiger partial charge in [0.25, 0.3) is 5.91 Å². The molecule has 3 heterocycles. The molecule has 1 spiro atoms. The molecule has 1 unspecified atom stereocenters. The summed E-state index contributed by atoms with van der Waals surface area (Å²) in [6, 6.07) is -0.486. The molecule has 156 valence electrons. The van der Waals surface area contributed by atoms with Gasteiger partial charge in [0.2, 0.25) is 11.8 Å². The first-order chi connectivity index (χ1) is 14.0. The highest BCUT2D eigenvalue weighted by atomic mass is 32.1. The van der Waals surface area contributed by atoms with Crippen LogP contribution in [0.4, 0.5) is 9.93 Å². The predicted molar refractivity (Wildman–Crippen MR) is 106 cm³/mol. The summed E-state index contributed by atoms with van der Waals surface area (Å²) in [6.45, 7) is 0.534. The van der Waals surface area contributed by atoms with Crippen molar-refractivity contribution >= 4 is 40.2 Å². The van der Waals surface area contributed by atoms with Crippen LogP contribution in [-0.2, 0) is 14.4 Å². The second-order valence-corrected chi connectivity index (χ2v) is 8.86. The first kappa shape index (κ1) is 19.8. The number of rotatable bonds is 4. The second-order valence-electron chi connectivity index (χ2n) is 7.97. The van der Waals surface area contributed by atoms with E-state index in [-0.39, 0.29) is 36.7 Å². The summed E-state index contributed by atoms with van der Waals surface area (Å²) in [5, 5.41) is 7.92. The Labute approximate surface area is 172 Å². The van der Waals surface area contributed by atoms with Crippen LogP contribution in [0.15, 0.2) is 11.6 Å². The van der Waals surface area contributed by atoms with Gasteiger partial charge >= 0.3 is 6.03 Å². The summed E-state index contributed by atoms with van der Waals surface area (Å²) < 4.78 is 0. The number of amides is 5. The molecular formula is C19H25N5O4S. The summed E-state index contributed by atoms with van der Waals surface area (Å²) in [4.78, 5) is 57.2. The van der Waals surface area contributed by atoms with Crippen molar-refractivity contribution in [2.45, 2.75) is 50.5 Å². The maximum absolute atomic E-state index is 12.9. The highest BCUT2D eigenvalue weighted by molar-refractivity contribution is 7.13. The molecule has 1 atom stereocenters. The molecule has 0 radical (unpaired) electrons. The summed E-state index contributed by atoms with van der Waals surface area (Å²) in [6.07, 6.45) is 7.12. The number of piperidine rings is 1. The minimum Gasteiger partial charge on any atom is -0.340 e. The molecule has 2 saturated heterocycles. The van der Waals surface area contributed by atoms with Crippen LogP contribution in [0.3, 0.4) is 0 Å². The van der Waals surface area contributed by atoms with E-state index in [4.69, 9.17) is 0 Å². The number of hydrogen-bond donors (Lipinski definition) is 2. The van der Waals surface area contributed by atoms with Gasteiger partial charge in [-0.15, -0.1) is 11.3 Å². The average Bonchev–Trinajstić information content (AvgIpc) is 3.31. The molecule has 2 aliphatic heterocycles. The zero-order valence-electron chi connectivity index (χ0n) is 16.2. The third-order valence-corrected chi connectivity index (χ3v) is 6.74. The summed E-state index contributed by atoms with van der Waals surface area (Å²) in [5.41, 5.74) is -0.826. The van der Waals surface area contributed by atoms with Crippen molar-refractivity contribution in [2.75, 3.05) is 25.0 Å². The van der Waals surface area contributed by atoms with E-state index in [1.165, 1.54) is 11.3 Å². The number of carbonyl (C=O) groups is 4. The zero-order valence-corrected chi connectivity index (χ0v) is 17.0. The number of hydrogen-bond acceptors (Lipinski definition) is 6. The number of likely N-dealkylation sites (tertiary alicyclic amines) is 1. The van der Waals surface area contributed by atoms with Crippen LogP contribution in [0, 0.1) is 5.92 Å². The van der Waals surface area contributed by atoms with Gasteiger partial charge in [0.05, 0.1) is 5.92 Å². The fraction of sp³-hybridized carbons (Fsp3) is 0.632. The number of aromatic nitrogens is 1. The van der Waals surface area contributed by atoms with Crippen LogP contribution in [0.2, 0.25) is 0 Å². The Morgan fingerprint density at radius 1 is 1.24 bits per heavy atom. The first-order valence-electron chi connectivity index (χ1n) is 10.1. The van der Waals surface area contributed by atoms with Gasteiger partial charge in [-0.3, -0.25) is 19.3 Å². The summed E-state index contributed by atoms with van der Waals surface area (Å²) in [5.74, 6) is -1.07. The lowest BCUT2D eigenvalue weighted by Crippen LogP contribution is -2.50. The van der Waals surface area contributed by atoms with Gasteiger partial charge in [-0.1, -0.05) is 19.3 Å². The maximum atomic E-state index is 12.9. The third kappa shape index (κ3) is 3.98. The number of imide groups is 1. The fourth-order valence-electron chi connectivity index (χ4n) is 4.46. The van der Waals surface area contributed by atoms with Gasteiger partial charge in [-0.05, 0) is 25.7 Å². The van der Waals surface area contributed by atoms with Crippen molar-refractivity contribution in [3.8, 4) is 0 Å². The third-order valence-electron chi connectivity index (χ3n) is 6.05. The second kappa shape index (κ2) is 8.10. The normalized spacial score (nSPS) is 23.9. The predicted octanol–water partition coefficient (Wildman–Crippen LogP) is 1.57. The molecule has 1 aromatic heterocycles. The van der Waals surface area contributed by atoms with E-state index < -0.39 is 11.6 Å². The van der Waals surface area contributed by atoms with E-state index in [0.29, 0.717) is 37.4 Å². The van der Waals surface area contributed by atoms with E-state index >= 15 is 0 Å². The molecule has 29 heavy (non-hydrogen) atoms. The highest BCUT2D eigenvalue weighted by Crippen LogP contribution is 2.33. The Morgan fingerprint density at radius 2 is 2.03 bits per heavy atom. The number of thiazole rings is 1. The lowest BCUT2D eigenvalue weighted by molar-refractivity contribution is -0.141. The number of nitrogens with one attached hydrogen (secondary N) is 2. The molecule has 10 heteroatoms. The smallest absolute Gasteiger partial charge is 0.325 e. The molecule has 0 bridgehead atoms. The Kier molecular flexibility index (Phi) is 5.53. The van der Waals surface area contributed by atoms with Gasteiger partial charge in [-0.25, -0.2) is 9.78 Å².